The van der Waals surface area contributed by atoms with E-state index in [-0.39, 0.29) is 0 Å². The van der Waals surface area contributed by atoms with Gasteiger partial charge in [0.15, 0.2) is 0 Å². The third-order valence-electron chi connectivity index (χ3n) is 3.06. The number of rotatable bonds is 8. The summed E-state index contributed by atoms with van der Waals surface area (Å²) in [5.74, 6) is 1.81. The zero-order valence-electron chi connectivity index (χ0n) is 10.7. The van der Waals surface area contributed by atoms with E-state index in [4.69, 9.17) is 10.00 Å². The highest BCUT2D eigenvalue weighted by atomic mass is 16.5. The van der Waals surface area contributed by atoms with E-state index in [1.807, 2.05) is 12.1 Å². The summed E-state index contributed by atoms with van der Waals surface area (Å²) in [6.07, 6.45) is 4.12. The summed E-state index contributed by atoms with van der Waals surface area (Å²) in [6, 6.07) is 10.3. The number of benzene rings is 1. The van der Waals surface area contributed by atoms with Gasteiger partial charge in [-0.2, -0.15) is 5.26 Å². The molecule has 0 radical (unpaired) electrons. The molecule has 0 bridgehead atoms. The summed E-state index contributed by atoms with van der Waals surface area (Å²) in [6.45, 7) is 2.66. The third-order valence-corrected chi connectivity index (χ3v) is 3.06. The Bertz CT molecular complexity index is 407. The molecule has 1 aromatic rings. The molecule has 1 fully saturated rings. The fourth-order valence-corrected chi connectivity index (χ4v) is 1.83. The molecule has 1 aliphatic rings. The van der Waals surface area contributed by atoms with E-state index in [0.717, 1.165) is 31.2 Å². The van der Waals surface area contributed by atoms with Crippen molar-refractivity contribution in [3.8, 4) is 11.8 Å². The zero-order chi connectivity index (χ0) is 12.6. The molecule has 1 N–H and O–H groups in total. The normalized spacial score (nSPS) is 14.2. The fraction of sp³-hybridized carbons (Fsp3) is 0.533. The number of nitriles is 1. The van der Waals surface area contributed by atoms with Crippen molar-refractivity contribution in [2.45, 2.75) is 32.2 Å². The zero-order valence-corrected chi connectivity index (χ0v) is 10.7. The van der Waals surface area contributed by atoms with Gasteiger partial charge in [-0.1, -0.05) is 12.1 Å². The van der Waals surface area contributed by atoms with Gasteiger partial charge in [-0.3, -0.25) is 0 Å². The van der Waals surface area contributed by atoms with Gasteiger partial charge in [-0.05, 0) is 49.4 Å². The minimum absolute atomic E-state index is 0.558. The van der Waals surface area contributed by atoms with Crippen LogP contribution in [-0.2, 0) is 6.54 Å². The van der Waals surface area contributed by atoms with Crippen LogP contribution in [0.4, 0.5) is 0 Å². The molecule has 3 heteroatoms. The molecule has 0 heterocycles. The molecule has 2 rings (SSSR count). The molecular weight excluding hydrogens is 224 g/mol. The van der Waals surface area contributed by atoms with Crippen LogP contribution in [-0.4, -0.2) is 13.2 Å². The predicted molar refractivity (Wildman–Crippen MR) is 71.2 cm³/mol. The van der Waals surface area contributed by atoms with E-state index in [1.54, 1.807) is 0 Å². The molecule has 3 nitrogen and oxygen atoms in total. The molecule has 0 aromatic heterocycles. The van der Waals surface area contributed by atoms with E-state index in [0.29, 0.717) is 13.0 Å². The van der Waals surface area contributed by atoms with Gasteiger partial charge in [-0.25, -0.2) is 0 Å². The average molecular weight is 244 g/mol. The fourth-order valence-electron chi connectivity index (χ4n) is 1.83. The molecular formula is C15H20N2O. The second-order valence-corrected chi connectivity index (χ2v) is 4.83. The smallest absolute Gasteiger partial charge is 0.119 e. The van der Waals surface area contributed by atoms with Gasteiger partial charge in [-0.15, -0.1) is 0 Å². The van der Waals surface area contributed by atoms with E-state index in [1.165, 1.54) is 18.4 Å². The first-order valence-electron chi connectivity index (χ1n) is 6.68. The molecule has 0 atom stereocenters. The Balaban J connectivity index is 1.71. The van der Waals surface area contributed by atoms with Crippen molar-refractivity contribution >= 4 is 0 Å². The molecule has 1 aromatic carbocycles. The molecule has 1 aliphatic carbocycles. The highest BCUT2D eigenvalue weighted by Crippen LogP contribution is 2.27. The molecule has 1 saturated carbocycles. The van der Waals surface area contributed by atoms with Gasteiger partial charge >= 0.3 is 0 Å². The van der Waals surface area contributed by atoms with Gasteiger partial charge in [0.2, 0.25) is 0 Å². The second kappa shape index (κ2) is 7.03. The van der Waals surface area contributed by atoms with Gasteiger partial charge in [0.1, 0.15) is 5.75 Å². The number of hydrogen-bond donors (Lipinski definition) is 1. The highest BCUT2D eigenvalue weighted by Gasteiger charge is 2.19. The van der Waals surface area contributed by atoms with Crippen LogP contribution in [0.15, 0.2) is 24.3 Å². The van der Waals surface area contributed by atoms with Gasteiger partial charge in [0.05, 0.1) is 12.7 Å². The van der Waals surface area contributed by atoms with Crippen molar-refractivity contribution in [1.82, 2.24) is 5.32 Å². The van der Waals surface area contributed by atoms with Crippen LogP contribution < -0.4 is 10.1 Å². The van der Waals surface area contributed by atoms with Crippen LogP contribution in [0.25, 0.3) is 0 Å². The molecule has 0 spiro atoms. The van der Waals surface area contributed by atoms with Crippen molar-refractivity contribution in [1.29, 1.82) is 5.26 Å². The Hall–Kier alpha value is -1.53. The van der Waals surface area contributed by atoms with E-state index >= 15 is 0 Å². The number of ether oxygens (including phenoxy) is 1. The maximum absolute atomic E-state index is 8.44. The summed E-state index contributed by atoms with van der Waals surface area (Å²) in [5.41, 5.74) is 1.26. The number of nitrogens with zero attached hydrogens (tertiary/aromatic N) is 1. The summed E-state index contributed by atoms with van der Waals surface area (Å²) in [7, 11) is 0. The number of hydrogen-bond acceptors (Lipinski definition) is 3. The minimum atomic E-state index is 0.558. The van der Waals surface area contributed by atoms with Crippen LogP contribution in [0, 0.1) is 17.2 Å². The molecule has 0 unspecified atom stereocenters. The second-order valence-electron chi connectivity index (χ2n) is 4.83. The Labute approximate surface area is 109 Å². The number of nitrogens with one attached hydrogen (secondary N) is 1. The lowest BCUT2D eigenvalue weighted by Crippen LogP contribution is -2.16. The lowest BCUT2D eigenvalue weighted by molar-refractivity contribution is 0.312. The van der Waals surface area contributed by atoms with Crippen molar-refractivity contribution in [3.05, 3.63) is 29.8 Å². The lowest BCUT2D eigenvalue weighted by atomic mass is 10.2. The van der Waals surface area contributed by atoms with Gasteiger partial charge in [0.25, 0.3) is 0 Å². The first kappa shape index (κ1) is 12.9. The highest BCUT2D eigenvalue weighted by molar-refractivity contribution is 5.28. The lowest BCUT2D eigenvalue weighted by Gasteiger charge is -2.08. The van der Waals surface area contributed by atoms with Crippen LogP contribution >= 0.6 is 0 Å². The van der Waals surface area contributed by atoms with Crippen LogP contribution in [0.1, 0.15) is 31.2 Å². The van der Waals surface area contributed by atoms with Crippen molar-refractivity contribution < 1.29 is 4.74 Å². The SMILES string of the molecule is N#CCCCOc1cccc(CNCC2CC2)c1. The molecule has 18 heavy (non-hydrogen) atoms. The Morgan fingerprint density at radius 1 is 1.39 bits per heavy atom. The van der Waals surface area contributed by atoms with E-state index < -0.39 is 0 Å². The average Bonchev–Trinajstić information content (AvgIpc) is 3.19. The van der Waals surface area contributed by atoms with Crippen molar-refractivity contribution in [3.63, 3.8) is 0 Å². The maximum atomic E-state index is 8.44. The first-order valence-corrected chi connectivity index (χ1v) is 6.68. The quantitative estimate of drug-likeness (QED) is 0.715. The predicted octanol–water partition coefficient (Wildman–Crippen LogP) is 2.87. The first-order chi connectivity index (χ1) is 8.88. The van der Waals surface area contributed by atoms with Crippen LogP contribution in [0.3, 0.4) is 0 Å². The third kappa shape index (κ3) is 4.77. The van der Waals surface area contributed by atoms with Gasteiger partial charge < -0.3 is 10.1 Å². The molecule has 96 valence electrons. The van der Waals surface area contributed by atoms with E-state index in [9.17, 15) is 0 Å². The van der Waals surface area contributed by atoms with Gasteiger partial charge in [0, 0.05) is 13.0 Å². The molecule has 0 amide bonds. The van der Waals surface area contributed by atoms with E-state index in [2.05, 4.69) is 23.5 Å². The largest absolute Gasteiger partial charge is 0.494 e. The summed E-state index contributed by atoms with van der Waals surface area (Å²) in [5, 5.41) is 11.9. The van der Waals surface area contributed by atoms with Crippen LogP contribution in [0.5, 0.6) is 5.75 Å². The van der Waals surface area contributed by atoms with Crippen LogP contribution in [0.2, 0.25) is 0 Å². The Morgan fingerprint density at radius 2 is 2.28 bits per heavy atom. The Kier molecular flexibility index (Phi) is 5.04. The number of unbranched alkanes of at least 4 members (excludes halogenated alkanes) is 1. The minimum Gasteiger partial charge on any atom is -0.494 e. The monoisotopic (exact) mass is 244 g/mol. The topological polar surface area (TPSA) is 45.0 Å². The molecule has 0 aliphatic heterocycles. The maximum Gasteiger partial charge on any atom is 0.119 e. The summed E-state index contributed by atoms with van der Waals surface area (Å²) >= 11 is 0. The standard InChI is InChI=1S/C15H20N2O/c16-8-1-2-9-18-15-5-3-4-14(10-15)12-17-11-13-6-7-13/h3-5,10,13,17H,1-2,6-7,9,11-12H2. The summed E-state index contributed by atoms with van der Waals surface area (Å²) in [4.78, 5) is 0. The van der Waals surface area contributed by atoms with Crippen molar-refractivity contribution in [2.75, 3.05) is 13.2 Å². The summed E-state index contributed by atoms with van der Waals surface area (Å²) < 4.78 is 5.61. The van der Waals surface area contributed by atoms with Crippen molar-refractivity contribution in [2.24, 2.45) is 5.92 Å². The Morgan fingerprint density at radius 3 is 3.06 bits per heavy atom. The molecule has 0 saturated heterocycles.